The average Bonchev–Trinajstić information content (AvgIpc) is 2.62. The van der Waals surface area contributed by atoms with Gasteiger partial charge in [0.05, 0.1) is 17.6 Å². The predicted molar refractivity (Wildman–Crippen MR) is 94.5 cm³/mol. The Labute approximate surface area is 147 Å². The average molecular weight is 363 g/mol. The third-order valence-corrected chi connectivity index (χ3v) is 5.19. The highest BCUT2D eigenvalue weighted by Crippen LogP contribution is 2.14. The minimum Gasteiger partial charge on any atom is -0.497 e. The van der Waals surface area contributed by atoms with Gasteiger partial charge in [-0.3, -0.25) is 0 Å². The molecule has 0 aromatic heterocycles. The first kappa shape index (κ1) is 19.0. The maximum Gasteiger partial charge on any atom is 0.335 e. The number of carboxylic acids is 1. The smallest absolute Gasteiger partial charge is 0.335 e. The van der Waals surface area contributed by atoms with Gasteiger partial charge in [-0.15, -0.1) is 0 Å². The minimum absolute atomic E-state index is 0.0393. The van der Waals surface area contributed by atoms with E-state index in [1.54, 1.807) is 7.11 Å². The van der Waals surface area contributed by atoms with Crippen molar-refractivity contribution < 1.29 is 23.1 Å². The second-order valence-electron chi connectivity index (χ2n) is 5.54. The standard InChI is InChI=1S/C18H21NO5S/c1-24-16-10-8-14(9-11-16)5-2-3-12-19-25(22,23)17-7-4-6-15(13-17)18(20)21/h4,6-11,13,19H,2-3,5,12H2,1H3,(H,20,21). The molecule has 25 heavy (non-hydrogen) atoms. The summed E-state index contributed by atoms with van der Waals surface area (Å²) in [6.07, 6.45) is 2.37. The Bertz CT molecular complexity index is 816. The maximum absolute atomic E-state index is 12.2. The van der Waals surface area contributed by atoms with E-state index in [1.165, 1.54) is 18.2 Å². The van der Waals surface area contributed by atoms with Gasteiger partial charge in [0.2, 0.25) is 10.0 Å². The van der Waals surface area contributed by atoms with E-state index in [2.05, 4.69) is 4.72 Å². The Morgan fingerprint density at radius 1 is 1.12 bits per heavy atom. The summed E-state index contributed by atoms with van der Waals surface area (Å²) in [5.41, 5.74) is 1.11. The van der Waals surface area contributed by atoms with Gasteiger partial charge in [-0.05, 0) is 55.2 Å². The number of hydrogen-bond acceptors (Lipinski definition) is 4. The molecular formula is C18H21NO5S. The molecule has 0 aliphatic rings. The Balaban J connectivity index is 1.82. The summed E-state index contributed by atoms with van der Waals surface area (Å²) < 4.78 is 32.0. The highest BCUT2D eigenvalue weighted by molar-refractivity contribution is 7.89. The lowest BCUT2D eigenvalue weighted by Crippen LogP contribution is -2.25. The van der Waals surface area contributed by atoms with Gasteiger partial charge in [0.25, 0.3) is 0 Å². The molecule has 0 spiro atoms. The number of aryl methyl sites for hydroxylation is 1. The van der Waals surface area contributed by atoms with Crippen LogP contribution in [0.5, 0.6) is 5.75 Å². The number of carbonyl (C=O) groups is 1. The minimum atomic E-state index is -3.70. The van der Waals surface area contributed by atoms with Gasteiger partial charge in [0.15, 0.2) is 0 Å². The summed E-state index contributed by atoms with van der Waals surface area (Å²) in [4.78, 5) is 10.9. The van der Waals surface area contributed by atoms with Crippen molar-refractivity contribution in [3.63, 3.8) is 0 Å². The van der Waals surface area contributed by atoms with Crippen LogP contribution in [0.4, 0.5) is 0 Å². The molecule has 0 saturated carbocycles. The summed E-state index contributed by atoms with van der Waals surface area (Å²) in [7, 11) is -2.08. The number of unbranched alkanes of at least 4 members (excludes halogenated alkanes) is 1. The fourth-order valence-corrected chi connectivity index (χ4v) is 3.45. The highest BCUT2D eigenvalue weighted by atomic mass is 32.2. The van der Waals surface area contributed by atoms with Crippen LogP contribution in [0.2, 0.25) is 0 Å². The molecule has 134 valence electrons. The molecule has 0 atom stereocenters. The number of aromatic carboxylic acids is 1. The van der Waals surface area contributed by atoms with Crippen molar-refractivity contribution in [2.24, 2.45) is 0 Å². The molecule has 0 saturated heterocycles. The van der Waals surface area contributed by atoms with Crippen LogP contribution in [-0.2, 0) is 16.4 Å². The van der Waals surface area contributed by atoms with E-state index in [-0.39, 0.29) is 10.5 Å². The van der Waals surface area contributed by atoms with Crippen LogP contribution in [-0.4, -0.2) is 33.1 Å². The summed E-state index contributed by atoms with van der Waals surface area (Å²) in [6, 6.07) is 13.1. The second-order valence-corrected chi connectivity index (χ2v) is 7.30. The van der Waals surface area contributed by atoms with Gasteiger partial charge in [-0.2, -0.15) is 0 Å². The monoisotopic (exact) mass is 363 g/mol. The molecule has 0 aliphatic heterocycles. The van der Waals surface area contributed by atoms with Gasteiger partial charge in [0, 0.05) is 6.54 Å². The molecule has 0 heterocycles. The normalized spacial score (nSPS) is 11.2. The molecular weight excluding hydrogens is 342 g/mol. The van der Waals surface area contributed by atoms with Crippen LogP contribution in [0, 0.1) is 0 Å². The van der Waals surface area contributed by atoms with Crippen LogP contribution < -0.4 is 9.46 Å². The maximum atomic E-state index is 12.2. The van der Waals surface area contributed by atoms with Crippen molar-refractivity contribution in [3.8, 4) is 5.75 Å². The Morgan fingerprint density at radius 2 is 1.84 bits per heavy atom. The van der Waals surface area contributed by atoms with Gasteiger partial charge >= 0.3 is 5.97 Å². The van der Waals surface area contributed by atoms with Gasteiger partial charge in [0.1, 0.15) is 5.75 Å². The lowest BCUT2D eigenvalue weighted by Gasteiger charge is -2.08. The summed E-state index contributed by atoms with van der Waals surface area (Å²) in [6.45, 7) is 0.301. The number of carboxylic acid groups (broad SMARTS) is 1. The lowest BCUT2D eigenvalue weighted by molar-refractivity contribution is 0.0696. The summed E-state index contributed by atoms with van der Waals surface area (Å²) in [5.74, 6) is -0.350. The molecule has 6 nitrogen and oxygen atoms in total. The molecule has 2 N–H and O–H groups in total. The van der Waals surface area contributed by atoms with E-state index >= 15 is 0 Å². The molecule has 0 aliphatic carbocycles. The highest BCUT2D eigenvalue weighted by Gasteiger charge is 2.15. The first-order valence-corrected chi connectivity index (χ1v) is 9.36. The van der Waals surface area contributed by atoms with E-state index < -0.39 is 16.0 Å². The number of nitrogens with one attached hydrogen (secondary N) is 1. The van der Waals surface area contributed by atoms with Crippen LogP contribution in [0.3, 0.4) is 0 Å². The molecule has 0 radical (unpaired) electrons. The topological polar surface area (TPSA) is 92.7 Å². The van der Waals surface area contributed by atoms with Crippen molar-refractivity contribution in [1.29, 1.82) is 0 Å². The zero-order chi connectivity index (χ0) is 18.3. The number of sulfonamides is 1. The SMILES string of the molecule is COc1ccc(CCCCNS(=O)(=O)c2cccc(C(=O)O)c2)cc1. The van der Waals surface area contributed by atoms with Crippen LogP contribution in [0.15, 0.2) is 53.4 Å². The second kappa shape index (κ2) is 8.64. The van der Waals surface area contributed by atoms with E-state index in [4.69, 9.17) is 9.84 Å². The molecule has 2 aromatic carbocycles. The van der Waals surface area contributed by atoms with E-state index in [0.29, 0.717) is 13.0 Å². The number of rotatable bonds is 9. The molecule has 2 rings (SSSR count). The largest absolute Gasteiger partial charge is 0.497 e. The number of hydrogen-bond donors (Lipinski definition) is 2. The first-order chi connectivity index (χ1) is 11.9. The Morgan fingerprint density at radius 3 is 2.48 bits per heavy atom. The quantitative estimate of drug-likeness (QED) is 0.668. The van der Waals surface area contributed by atoms with Gasteiger partial charge < -0.3 is 9.84 Å². The predicted octanol–water partition coefficient (Wildman–Crippen LogP) is 2.69. The van der Waals surface area contributed by atoms with E-state index in [1.807, 2.05) is 24.3 Å². The third kappa shape index (κ3) is 5.58. The van der Waals surface area contributed by atoms with E-state index in [9.17, 15) is 13.2 Å². The van der Waals surface area contributed by atoms with E-state index in [0.717, 1.165) is 30.2 Å². The van der Waals surface area contributed by atoms with Crippen molar-refractivity contribution in [2.45, 2.75) is 24.2 Å². The number of methoxy groups -OCH3 is 1. The van der Waals surface area contributed by atoms with Crippen LogP contribution in [0.1, 0.15) is 28.8 Å². The molecule has 0 unspecified atom stereocenters. The zero-order valence-corrected chi connectivity index (χ0v) is 14.8. The van der Waals surface area contributed by atoms with Crippen molar-refractivity contribution in [2.75, 3.05) is 13.7 Å². The molecule has 0 fully saturated rings. The molecule has 0 amide bonds. The fraction of sp³-hybridized carbons (Fsp3) is 0.278. The lowest BCUT2D eigenvalue weighted by atomic mass is 10.1. The van der Waals surface area contributed by atoms with Crippen molar-refractivity contribution in [1.82, 2.24) is 4.72 Å². The summed E-state index contributed by atoms with van der Waals surface area (Å²) in [5, 5.41) is 8.94. The van der Waals surface area contributed by atoms with Crippen LogP contribution >= 0.6 is 0 Å². The molecule has 0 bridgehead atoms. The van der Waals surface area contributed by atoms with Gasteiger partial charge in [-0.1, -0.05) is 18.2 Å². The van der Waals surface area contributed by atoms with Gasteiger partial charge in [-0.25, -0.2) is 17.9 Å². The third-order valence-electron chi connectivity index (χ3n) is 3.73. The Hall–Kier alpha value is -2.38. The zero-order valence-electron chi connectivity index (χ0n) is 13.9. The molecule has 7 heteroatoms. The molecule has 2 aromatic rings. The number of benzene rings is 2. The Kier molecular flexibility index (Phi) is 6.55. The fourth-order valence-electron chi connectivity index (χ4n) is 2.33. The van der Waals surface area contributed by atoms with Crippen molar-refractivity contribution >= 4 is 16.0 Å². The van der Waals surface area contributed by atoms with Crippen LogP contribution in [0.25, 0.3) is 0 Å². The number of ether oxygens (including phenoxy) is 1. The summed E-state index contributed by atoms with van der Waals surface area (Å²) >= 11 is 0. The van der Waals surface area contributed by atoms with Crippen molar-refractivity contribution in [3.05, 3.63) is 59.7 Å². The first-order valence-electron chi connectivity index (χ1n) is 7.88.